The van der Waals surface area contributed by atoms with Crippen molar-refractivity contribution in [2.75, 3.05) is 11.1 Å². The molecule has 0 atom stereocenters. The highest BCUT2D eigenvalue weighted by Gasteiger charge is 2.06. The van der Waals surface area contributed by atoms with Crippen LogP contribution in [0.5, 0.6) is 5.75 Å². The number of fused-ring (bicyclic) bond motifs is 1. The summed E-state index contributed by atoms with van der Waals surface area (Å²) in [5, 5.41) is 5.11. The fraction of sp³-hybridized carbons (Fsp3) is 0.0500. The van der Waals surface area contributed by atoms with Gasteiger partial charge in [-0.05, 0) is 29.8 Å². The second-order valence-corrected chi connectivity index (χ2v) is 5.75. The molecule has 0 fully saturated rings. The van der Waals surface area contributed by atoms with Crippen molar-refractivity contribution in [3.8, 4) is 5.75 Å². The molecule has 0 spiro atoms. The zero-order chi connectivity index (χ0) is 17.8. The van der Waals surface area contributed by atoms with Gasteiger partial charge in [-0.25, -0.2) is 9.97 Å². The Labute approximate surface area is 150 Å². The van der Waals surface area contributed by atoms with Gasteiger partial charge in [-0.3, -0.25) is 4.98 Å². The van der Waals surface area contributed by atoms with E-state index in [4.69, 9.17) is 10.5 Å². The molecule has 2 heterocycles. The van der Waals surface area contributed by atoms with E-state index >= 15 is 0 Å². The van der Waals surface area contributed by atoms with Crippen LogP contribution in [0.2, 0.25) is 0 Å². The third-order valence-electron chi connectivity index (χ3n) is 3.96. The van der Waals surface area contributed by atoms with Gasteiger partial charge in [-0.2, -0.15) is 0 Å². The lowest BCUT2D eigenvalue weighted by atomic mass is 10.1. The number of nitrogen functional groups attached to an aromatic ring is 1. The number of anilines is 3. The Balaban J connectivity index is 1.52. The van der Waals surface area contributed by atoms with Crippen LogP contribution in [0.25, 0.3) is 10.8 Å². The number of aromatic nitrogens is 3. The fourth-order valence-electron chi connectivity index (χ4n) is 2.71. The number of benzene rings is 2. The fourth-order valence-corrected chi connectivity index (χ4v) is 2.71. The van der Waals surface area contributed by atoms with Crippen molar-refractivity contribution in [2.24, 2.45) is 0 Å². The minimum atomic E-state index is 0.422. The molecule has 6 nitrogen and oxygen atoms in total. The SMILES string of the molecule is Nc1ccc(OCc2ccnc(Nc3cnccn3)c2)c2ccccc12. The maximum atomic E-state index is 6.04. The van der Waals surface area contributed by atoms with E-state index in [0.29, 0.717) is 18.2 Å². The number of hydrogen-bond acceptors (Lipinski definition) is 6. The standard InChI is InChI=1S/C20H17N5O/c21-17-5-6-18(16-4-2-1-3-15(16)17)26-13-14-7-8-23-19(11-14)25-20-12-22-9-10-24-20/h1-12H,13,21H2,(H,23,24,25). The first-order valence-corrected chi connectivity index (χ1v) is 8.17. The number of rotatable bonds is 5. The van der Waals surface area contributed by atoms with E-state index < -0.39 is 0 Å². The molecule has 0 aliphatic carbocycles. The molecule has 26 heavy (non-hydrogen) atoms. The van der Waals surface area contributed by atoms with Crippen molar-refractivity contribution in [3.63, 3.8) is 0 Å². The topological polar surface area (TPSA) is 86.0 Å². The Kier molecular flexibility index (Phi) is 4.30. The maximum absolute atomic E-state index is 6.04. The van der Waals surface area contributed by atoms with Crippen LogP contribution in [0.15, 0.2) is 73.3 Å². The highest BCUT2D eigenvalue weighted by Crippen LogP contribution is 2.30. The highest BCUT2D eigenvalue weighted by molar-refractivity contribution is 5.96. The Morgan fingerprint density at radius 2 is 1.73 bits per heavy atom. The molecule has 3 N–H and O–H groups in total. The summed E-state index contributed by atoms with van der Waals surface area (Å²) in [7, 11) is 0. The highest BCUT2D eigenvalue weighted by atomic mass is 16.5. The summed E-state index contributed by atoms with van der Waals surface area (Å²) in [5.41, 5.74) is 7.78. The van der Waals surface area contributed by atoms with Gasteiger partial charge in [0.15, 0.2) is 0 Å². The largest absolute Gasteiger partial charge is 0.488 e. The first-order valence-electron chi connectivity index (χ1n) is 8.17. The van der Waals surface area contributed by atoms with E-state index in [1.165, 1.54) is 0 Å². The molecule has 2 aromatic carbocycles. The van der Waals surface area contributed by atoms with Crippen LogP contribution in [0.1, 0.15) is 5.56 Å². The average Bonchev–Trinajstić information content (AvgIpc) is 2.69. The van der Waals surface area contributed by atoms with Crippen LogP contribution in [0, 0.1) is 0 Å². The van der Waals surface area contributed by atoms with Crippen LogP contribution in [0.3, 0.4) is 0 Å². The molecule has 0 aliphatic rings. The third-order valence-corrected chi connectivity index (χ3v) is 3.96. The lowest BCUT2D eigenvalue weighted by Gasteiger charge is -2.11. The van der Waals surface area contributed by atoms with Gasteiger partial charge in [-0.15, -0.1) is 0 Å². The number of ether oxygens (including phenoxy) is 1. The molecule has 6 heteroatoms. The van der Waals surface area contributed by atoms with Gasteiger partial charge < -0.3 is 15.8 Å². The molecule has 0 bridgehead atoms. The van der Waals surface area contributed by atoms with Gasteiger partial charge in [-0.1, -0.05) is 24.3 Å². The monoisotopic (exact) mass is 343 g/mol. The summed E-state index contributed by atoms with van der Waals surface area (Å²) in [4.78, 5) is 12.5. The van der Waals surface area contributed by atoms with E-state index in [9.17, 15) is 0 Å². The molecule has 0 aliphatic heterocycles. The van der Waals surface area contributed by atoms with Gasteiger partial charge in [0.1, 0.15) is 24.0 Å². The van der Waals surface area contributed by atoms with E-state index in [1.54, 1.807) is 24.8 Å². The molecule has 0 radical (unpaired) electrons. The van der Waals surface area contributed by atoms with E-state index in [-0.39, 0.29) is 0 Å². The normalized spacial score (nSPS) is 10.6. The summed E-state index contributed by atoms with van der Waals surface area (Å²) in [6.45, 7) is 0.422. The molecule has 0 saturated carbocycles. The number of nitrogens with two attached hydrogens (primary N) is 1. The van der Waals surface area contributed by atoms with Crippen molar-refractivity contribution in [1.82, 2.24) is 15.0 Å². The van der Waals surface area contributed by atoms with Gasteiger partial charge in [0, 0.05) is 35.1 Å². The predicted molar refractivity (Wildman–Crippen MR) is 102 cm³/mol. The molecule has 128 valence electrons. The lowest BCUT2D eigenvalue weighted by molar-refractivity contribution is 0.310. The number of nitrogens with zero attached hydrogens (tertiary/aromatic N) is 3. The van der Waals surface area contributed by atoms with Crippen molar-refractivity contribution in [1.29, 1.82) is 0 Å². The summed E-state index contributed by atoms with van der Waals surface area (Å²) in [5.74, 6) is 2.13. The molecular weight excluding hydrogens is 326 g/mol. The van der Waals surface area contributed by atoms with Crippen molar-refractivity contribution < 1.29 is 4.74 Å². The molecule has 4 rings (SSSR count). The number of pyridine rings is 1. The zero-order valence-electron chi connectivity index (χ0n) is 14.0. The van der Waals surface area contributed by atoms with Crippen molar-refractivity contribution in [3.05, 3.63) is 78.9 Å². The van der Waals surface area contributed by atoms with Gasteiger partial charge in [0.25, 0.3) is 0 Å². The van der Waals surface area contributed by atoms with Crippen molar-refractivity contribution in [2.45, 2.75) is 6.61 Å². The minimum absolute atomic E-state index is 0.422. The second kappa shape index (κ2) is 7.06. The van der Waals surface area contributed by atoms with E-state index in [0.717, 1.165) is 27.8 Å². The lowest BCUT2D eigenvalue weighted by Crippen LogP contribution is -2.00. The van der Waals surface area contributed by atoms with Crippen LogP contribution in [-0.4, -0.2) is 15.0 Å². The molecule has 0 unspecified atom stereocenters. The minimum Gasteiger partial charge on any atom is -0.488 e. The summed E-state index contributed by atoms with van der Waals surface area (Å²) in [6.07, 6.45) is 6.63. The Bertz CT molecular complexity index is 1040. The molecular formula is C20H17N5O. The van der Waals surface area contributed by atoms with Crippen LogP contribution in [-0.2, 0) is 6.61 Å². The molecule has 4 aromatic rings. The zero-order valence-corrected chi connectivity index (χ0v) is 14.0. The van der Waals surface area contributed by atoms with Crippen LogP contribution in [0.4, 0.5) is 17.3 Å². The Hall–Kier alpha value is -3.67. The van der Waals surface area contributed by atoms with Crippen molar-refractivity contribution >= 4 is 28.1 Å². The first-order chi connectivity index (χ1) is 12.8. The Morgan fingerprint density at radius 3 is 2.58 bits per heavy atom. The number of nitrogens with one attached hydrogen (secondary N) is 1. The summed E-state index contributed by atoms with van der Waals surface area (Å²) < 4.78 is 6.03. The van der Waals surface area contributed by atoms with E-state index in [2.05, 4.69) is 20.3 Å². The van der Waals surface area contributed by atoms with Gasteiger partial charge in [0.2, 0.25) is 0 Å². The third kappa shape index (κ3) is 3.39. The van der Waals surface area contributed by atoms with E-state index in [1.807, 2.05) is 48.5 Å². The Morgan fingerprint density at radius 1 is 0.885 bits per heavy atom. The van der Waals surface area contributed by atoms with Crippen LogP contribution >= 0.6 is 0 Å². The number of hydrogen-bond donors (Lipinski definition) is 2. The molecule has 0 saturated heterocycles. The van der Waals surface area contributed by atoms with Gasteiger partial charge in [0.05, 0.1) is 6.20 Å². The maximum Gasteiger partial charge on any atom is 0.150 e. The smallest absolute Gasteiger partial charge is 0.150 e. The summed E-state index contributed by atoms with van der Waals surface area (Å²) in [6, 6.07) is 15.6. The molecule has 0 amide bonds. The average molecular weight is 343 g/mol. The van der Waals surface area contributed by atoms with Gasteiger partial charge >= 0.3 is 0 Å². The quantitative estimate of drug-likeness (QED) is 0.534. The first kappa shape index (κ1) is 15.8. The molecule has 2 aromatic heterocycles. The van der Waals surface area contributed by atoms with Crippen LogP contribution < -0.4 is 15.8 Å². The summed E-state index contributed by atoms with van der Waals surface area (Å²) >= 11 is 0. The predicted octanol–water partition coefficient (Wildman–Crippen LogP) is 3.93. The second-order valence-electron chi connectivity index (χ2n) is 5.75.